The zero-order valence-corrected chi connectivity index (χ0v) is 15.4. The lowest BCUT2D eigenvalue weighted by atomic mass is 10.0. The van der Waals surface area contributed by atoms with Crippen LogP contribution in [0, 0.1) is 0 Å². The van der Waals surface area contributed by atoms with E-state index in [1.54, 1.807) is 0 Å². The van der Waals surface area contributed by atoms with Gasteiger partial charge in [-0.25, -0.2) is 9.78 Å². The van der Waals surface area contributed by atoms with Crippen LogP contribution < -0.4 is 10.6 Å². The molecule has 1 unspecified atom stereocenters. The van der Waals surface area contributed by atoms with Gasteiger partial charge in [0.25, 0.3) is 11.8 Å². The van der Waals surface area contributed by atoms with E-state index in [1.807, 2.05) is 0 Å². The first kappa shape index (κ1) is 18.8. The average molecular weight is 401 g/mol. The molecule has 1 atom stereocenters. The second-order valence-corrected chi connectivity index (χ2v) is 7.22. The summed E-state index contributed by atoms with van der Waals surface area (Å²) < 4.78 is 0. The molecule has 1 aromatic rings. The maximum Gasteiger partial charge on any atom is 0.407 e. The molecule has 29 heavy (non-hydrogen) atoms. The highest BCUT2D eigenvalue weighted by Gasteiger charge is 2.46. The minimum absolute atomic E-state index is 0.0509. The van der Waals surface area contributed by atoms with Crippen molar-refractivity contribution < 1.29 is 29.1 Å². The predicted octanol–water partition coefficient (Wildman–Crippen LogP) is 0.0371. The highest BCUT2D eigenvalue weighted by molar-refractivity contribution is 6.25. The summed E-state index contributed by atoms with van der Waals surface area (Å²) in [5.41, 5.74) is 0.253. The van der Waals surface area contributed by atoms with Crippen LogP contribution in [0.2, 0.25) is 0 Å². The van der Waals surface area contributed by atoms with Crippen molar-refractivity contribution in [1.82, 2.24) is 20.1 Å². The van der Waals surface area contributed by atoms with Gasteiger partial charge in [-0.15, -0.1) is 0 Å². The second kappa shape index (κ2) is 7.15. The van der Waals surface area contributed by atoms with E-state index in [4.69, 9.17) is 5.11 Å². The number of carboxylic acid groups (broad SMARTS) is 1. The van der Waals surface area contributed by atoms with E-state index in [9.17, 15) is 24.0 Å². The first-order valence-electron chi connectivity index (χ1n) is 9.32. The topological polar surface area (TPSA) is 149 Å². The molecule has 2 fully saturated rings. The Morgan fingerprint density at radius 3 is 2.52 bits per heavy atom. The maximum absolute atomic E-state index is 13.0. The fraction of sp³-hybridized carbons (Fsp3) is 0.444. The summed E-state index contributed by atoms with van der Waals surface area (Å²) in [5.74, 6) is -2.08. The number of likely N-dealkylation sites (tertiary alicyclic amines) is 1. The van der Waals surface area contributed by atoms with Crippen LogP contribution in [-0.2, 0) is 9.59 Å². The minimum Gasteiger partial charge on any atom is -0.465 e. The summed E-state index contributed by atoms with van der Waals surface area (Å²) in [7, 11) is 0. The predicted molar refractivity (Wildman–Crippen MR) is 97.2 cm³/mol. The number of imide groups is 2. The molecule has 1 aromatic heterocycles. The molecule has 152 valence electrons. The van der Waals surface area contributed by atoms with Gasteiger partial charge in [0.1, 0.15) is 11.9 Å². The Balaban J connectivity index is 1.55. The molecule has 3 N–H and O–H groups in total. The molecule has 11 heteroatoms. The number of nitrogens with one attached hydrogen (secondary N) is 2. The monoisotopic (exact) mass is 401 g/mol. The van der Waals surface area contributed by atoms with Crippen LogP contribution in [0.1, 0.15) is 46.4 Å². The van der Waals surface area contributed by atoms with Crippen molar-refractivity contribution in [2.45, 2.75) is 37.8 Å². The normalized spacial score (nSPS) is 22.6. The van der Waals surface area contributed by atoms with Gasteiger partial charge in [0.05, 0.1) is 11.1 Å². The van der Waals surface area contributed by atoms with Crippen molar-refractivity contribution in [3.63, 3.8) is 0 Å². The number of nitrogens with zero attached hydrogens (tertiary/aromatic N) is 3. The molecule has 11 nitrogen and oxygen atoms in total. The summed E-state index contributed by atoms with van der Waals surface area (Å²) in [6, 6.07) is 0.295. The Bertz CT molecular complexity index is 923. The Hall–Kier alpha value is -3.50. The van der Waals surface area contributed by atoms with E-state index >= 15 is 0 Å². The third-order valence-corrected chi connectivity index (χ3v) is 5.46. The van der Waals surface area contributed by atoms with Crippen LogP contribution in [0.3, 0.4) is 0 Å². The standard InChI is InChI=1S/C18H19N5O6/c24-12-2-1-11(15(25)21-12)23-16(26)10-3-6-19-14(13(10)17(23)27)20-9-4-7-22(8-5-9)18(28)29/h3,6,9,11H,1-2,4-5,7-8H2,(H,19,20)(H,28,29)(H,21,24,25). The van der Waals surface area contributed by atoms with Crippen LogP contribution in [-0.4, -0.2) is 74.8 Å². The van der Waals surface area contributed by atoms with Crippen molar-refractivity contribution in [3.05, 3.63) is 23.4 Å². The number of piperidine rings is 2. The van der Waals surface area contributed by atoms with E-state index in [-0.39, 0.29) is 35.8 Å². The fourth-order valence-corrected chi connectivity index (χ4v) is 3.93. The van der Waals surface area contributed by atoms with Crippen molar-refractivity contribution >= 4 is 35.5 Å². The Labute approximate surface area is 165 Å². The van der Waals surface area contributed by atoms with E-state index in [0.717, 1.165) is 4.90 Å². The van der Waals surface area contributed by atoms with Gasteiger partial charge < -0.3 is 15.3 Å². The van der Waals surface area contributed by atoms with Gasteiger partial charge in [0.15, 0.2) is 0 Å². The fourth-order valence-electron chi connectivity index (χ4n) is 3.93. The number of aromatic nitrogens is 1. The molecule has 2 saturated heterocycles. The van der Waals surface area contributed by atoms with Gasteiger partial charge in [-0.05, 0) is 25.3 Å². The highest BCUT2D eigenvalue weighted by Crippen LogP contribution is 2.32. The van der Waals surface area contributed by atoms with Gasteiger partial charge in [0, 0.05) is 31.7 Å². The average Bonchev–Trinajstić information content (AvgIpc) is 2.94. The lowest BCUT2D eigenvalue weighted by Gasteiger charge is -2.31. The largest absolute Gasteiger partial charge is 0.465 e. The Kier molecular flexibility index (Phi) is 4.65. The zero-order chi connectivity index (χ0) is 20.7. The van der Waals surface area contributed by atoms with Crippen molar-refractivity contribution in [3.8, 4) is 0 Å². The van der Waals surface area contributed by atoms with Crippen molar-refractivity contribution in [1.29, 1.82) is 0 Å². The van der Waals surface area contributed by atoms with Crippen LogP contribution in [0.15, 0.2) is 12.3 Å². The van der Waals surface area contributed by atoms with E-state index in [0.29, 0.717) is 25.9 Å². The van der Waals surface area contributed by atoms with Gasteiger partial charge in [-0.1, -0.05) is 0 Å². The SMILES string of the molecule is O=C1CCC(N2C(=O)c3ccnc(NC4CCN(C(=O)O)CC4)c3C2=O)C(=O)N1. The summed E-state index contributed by atoms with van der Waals surface area (Å²) in [6.45, 7) is 0.717. The van der Waals surface area contributed by atoms with Crippen molar-refractivity contribution in [2.75, 3.05) is 18.4 Å². The zero-order valence-electron chi connectivity index (χ0n) is 15.4. The molecule has 0 saturated carbocycles. The number of rotatable bonds is 3. The van der Waals surface area contributed by atoms with Gasteiger partial charge in [-0.3, -0.25) is 29.4 Å². The van der Waals surface area contributed by atoms with Crippen LogP contribution in [0.5, 0.6) is 0 Å². The molecule has 3 aliphatic rings. The maximum atomic E-state index is 13.0. The number of carbonyl (C=O) groups excluding carboxylic acids is 4. The molecule has 0 spiro atoms. The number of hydrogen-bond acceptors (Lipinski definition) is 7. The Morgan fingerprint density at radius 1 is 1.14 bits per heavy atom. The Morgan fingerprint density at radius 2 is 1.86 bits per heavy atom. The molecule has 4 rings (SSSR count). The molecular weight excluding hydrogens is 382 g/mol. The molecule has 0 radical (unpaired) electrons. The van der Waals surface area contributed by atoms with Gasteiger partial charge in [0.2, 0.25) is 11.8 Å². The summed E-state index contributed by atoms with van der Waals surface area (Å²) in [5, 5.41) is 14.4. The first-order valence-corrected chi connectivity index (χ1v) is 9.32. The van der Waals surface area contributed by atoms with Crippen LogP contribution >= 0.6 is 0 Å². The number of fused-ring (bicyclic) bond motifs is 1. The molecule has 0 aromatic carbocycles. The van der Waals surface area contributed by atoms with Crippen LogP contribution in [0.25, 0.3) is 0 Å². The second-order valence-electron chi connectivity index (χ2n) is 7.22. The minimum atomic E-state index is -1.04. The van der Waals surface area contributed by atoms with Gasteiger partial charge in [-0.2, -0.15) is 0 Å². The molecule has 0 aliphatic carbocycles. The van der Waals surface area contributed by atoms with E-state index in [1.165, 1.54) is 17.2 Å². The summed E-state index contributed by atoms with van der Waals surface area (Å²) in [4.78, 5) is 66.8. The number of pyridine rings is 1. The number of amides is 5. The quantitative estimate of drug-likeness (QED) is 0.601. The molecule has 4 heterocycles. The molecular formula is C18H19N5O6. The lowest BCUT2D eigenvalue weighted by molar-refractivity contribution is -0.136. The van der Waals surface area contributed by atoms with Crippen molar-refractivity contribution in [2.24, 2.45) is 0 Å². The lowest BCUT2D eigenvalue weighted by Crippen LogP contribution is -2.54. The number of hydrogen-bond donors (Lipinski definition) is 3. The number of carbonyl (C=O) groups is 5. The first-order chi connectivity index (χ1) is 13.9. The third kappa shape index (κ3) is 3.28. The molecule has 0 bridgehead atoms. The van der Waals surface area contributed by atoms with Crippen LogP contribution in [0.4, 0.5) is 10.6 Å². The molecule has 3 aliphatic heterocycles. The highest BCUT2D eigenvalue weighted by atomic mass is 16.4. The van der Waals surface area contributed by atoms with E-state index < -0.39 is 35.8 Å². The molecule has 5 amide bonds. The summed E-state index contributed by atoms with van der Waals surface area (Å²) in [6.07, 6.45) is 1.65. The number of anilines is 1. The van der Waals surface area contributed by atoms with Gasteiger partial charge >= 0.3 is 6.09 Å². The third-order valence-electron chi connectivity index (χ3n) is 5.46. The van der Waals surface area contributed by atoms with E-state index in [2.05, 4.69) is 15.6 Å². The smallest absolute Gasteiger partial charge is 0.407 e. The summed E-state index contributed by atoms with van der Waals surface area (Å²) >= 11 is 0.